The molecule has 2 N–H and O–H groups in total. The van der Waals surface area contributed by atoms with Gasteiger partial charge in [-0.15, -0.1) is 0 Å². The normalized spacial score (nSPS) is 10.6. The number of carbonyl (C=O) groups excluding carboxylic acids is 1. The molecule has 0 radical (unpaired) electrons. The van der Waals surface area contributed by atoms with Crippen molar-refractivity contribution in [2.24, 2.45) is 0 Å². The van der Waals surface area contributed by atoms with E-state index < -0.39 is 0 Å². The molecule has 0 fully saturated rings. The minimum atomic E-state index is -0.184. The van der Waals surface area contributed by atoms with Crippen LogP contribution in [0.25, 0.3) is 0 Å². The number of thioether (sulfide) groups is 1. The van der Waals surface area contributed by atoms with Gasteiger partial charge in [-0.3, -0.25) is 4.79 Å². The number of benzene rings is 2. The molecule has 1 aromatic heterocycles. The first-order chi connectivity index (χ1) is 14.0. The maximum atomic E-state index is 12.4. The lowest BCUT2D eigenvalue weighted by atomic mass is 10.1. The quantitative estimate of drug-likeness (QED) is 0.505. The molecule has 3 aromatic rings. The zero-order chi connectivity index (χ0) is 20.8. The van der Waals surface area contributed by atoms with Crippen LogP contribution in [0.1, 0.15) is 17.0 Å². The summed E-state index contributed by atoms with van der Waals surface area (Å²) in [6, 6.07) is 13.4. The number of hydrogen-bond donors (Lipinski definition) is 2. The van der Waals surface area contributed by atoms with E-state index in [1.807, 2.05) is 25.1 Å². The molecule has 29 heavy (non-hydrogen) atoms. The number of amides is 1. The Balaban J connectivity index is 1.62. The number of H-pyrrole nitrogens is 1. The second-order valence-corrected chi connectivity index (χ2v) is 7.67. The molecule has 0 aliphatic rings. The molecule has 1 heterocycles. The molecule has 152 valence electrons. The monoisotopic (exact) mass is 431 g/mol. The Bertz CT molecular complexity index is 992. The van der Waals surface area contributed by atoms with Crippen molar-refractivity contribution in [2.45, 2.75) is 18.5 Å². The molecule has 0 atom stereocenters. The van der Waals surface area contributed by atoms with Gasteiger partial charge in [-0.1, -0.05) is 53.7 Å². The van der Waals surface area contributed by atoms with Gasteiger partial charge in [0.2, 0.25) is 5.91 Å². The molecule has 2 aromatic carbocycles. The Morgan fingerprint density at radius 1 is 1.17 bits per heavy atom. The van der Waals surface area contributed by atoms with Gasteiger partial charge in [0.25, 0.3) is 0 Å². The number of anilines is 1. The number of aryl methyl sites for hydroxylation is 1. The molecule has 6 nitrogen and oxygen atoms in total. The Morgan fingerprint density at radius 2 is 1.90 bits per heavy atom. The molecule has 0 unspecified atom stereocenters. The maximum absolute atomic E-state index is 12.4. The third-order valence-electron chi connectivity index (χ3n) is 4.27. The minimum absolute atomic E-state index is 0.184. The van der Waals surface area contributed by atoms with Crippen LogP contribution in [0.3, 0.4) is 0 Å². The van der Waals surface area contributed by atoms with Crippen molar-refractivity contribution in [1.82, 2.24) is 9.97 Å². The van der Waals surface area contributed by atoms with Gasteiger partial charge in [-0.25, -0.2) is 4.98 Å². The zero-order valence-corrected chi connectivity index (χ0v) is 18.0. The Kier molecular flexibility index (Phi) is 7.06. The molecule has 0 aliphatic heterocycles. The average Bonchev–Trinajstić information content (AvgIpc) is 3.07. The third-order valence-corrected chi connectivity index (χ3v) is 5.43. The van der Waals surface area contributed by atoms with Crippen molar-refractivity contribution in [3.63, 3.8) is 0 Å². The fourth-order valence-electron chi connectivity index (χ4n) is 2.77. The number of hydrogen-bond acceptors (Lipinski definition) is 5. The van der Waals surface area contributed by atoms with Crippen molar-refractivity contribution in [2.75, 3.05) is 25.3 Å². The summed E-state index contributed by atoms with van der Waals surface area (Å²) in [6.07, 6.45) is 0.748. The van der Waals surface area contributed by atoms with Crippen LogP contribution in [-0.4, -0.2) is 35.8 Å². The SMILES string of the molecule is COc1cc(NC(=O)CSc2nc(Cc3ccccc3)c(C)[nH]2)c(OC)cc1Cl. The first-order valence-electron chi connectivity index (χ1n) is 8.93. The minimum Gasteiger partial charge on any atom is -0.495 e. The highest BCUT2D eigenvalue weighted by Gasteiger charge is 2.14. The fraction of sp³-hybridized carbons (Fsp3) is 0.238. The molecular formula is C21H22ClN3O3S. The number of halogens is 1. The Morgan fingerprint density at radius 3 is 2.59 bits per heavy atom. The molecule has 3 rings (SSSR count). The highest BCUT2D eigenvalue weighted by molar-refractivity contribution is 7.99. The van der Waals surface area contributed by atoms with Gasteiger partial charge in [0.15, 0.2) is 5.16 Å². The van der Waals surface area contributed by atoms with Gasteiger partial charge in [0.05, 0.1) is 36.4 Å². The van der Waals surface area contributed by atoms with E-state index in [0.717, 1.165) is 17.8 Å². The molecule has 1 amide bonds. The second kappa shape index (κ2) is 9.71. The first kappa shape index (κ1) is 21.1. The Labute approximate surface area is 179 Å². The second-order valence-electron chi connectivity index (χ2n) is 6.30. The van der Waals surface area contributed by atoms with Crippen molar-refractivity contribution in [3.05, 3.63) is 64.4 Å². The summed E-state index contributed by atoms with van der Waals surface area (Å²) in [5.74, 6) is 0.943. The summed E-state index contributed by atoms with van der Waals surface area (Å²) >= 11 is 7.44. The van der Waals surface area contributed by atoms with E-state index in [2.05, 4.69) is 27.4 Å². The van der Waals surface area contributed by atoms with Gasteiger partial charge in [-0.2, -0.15) is 0 Å². The number of nitrogens with zero attached hydrogens (tertiary/aromatic N) is 1. The lowest BCUT2D eigenvalue weighted by molar-refractivity contribution is -0.113. The standard InChI is InChI=1S/C21H22ClN3O3S/c1-13-16(9-14-7-5-4-6-8-14)25-21(23-13)29-12-20(26)24-17-11-18(27-2)15(22)10-19(17)28-3/h4-8,10-11H,9,12H2,1-3H3,(H,23,25)(H,24,26). The van der Waals surface area contributed by atoms with E-state index in [0.29, 0.717) is 27.4 Å². The van der Waals surface area contributed by atoms with Crippen molar-refractivity contribution in [3.8, 4) is 11.5 Å². The van der Waals surface area contributed by atoms with Gasteiger partial charge in [-0.05, 0) is 12.5 Å². The Hall–Kier alpha value is -2.64. The summed E-state index contributed by atoms with van der Waals surface area (Å²) in [6.45, 7) is 1.99. The first-order valence-corrected chi connectivity index (χ1v) is 10.3. The van der Waals surface area contributed by atoms with E-state index in [-0.39, 0.29) is 11.7 Å². The van der Waals surface area contributed by atoms with E-state index in [9.17, 15) is 4.79 Å². The highest BCUT2D eigenvalue weighted by atomic mass is 35.5. The van der Waals surface area contributed by atoms with Gasteiger partial charge in [0.1, 0.15) is 11.5 Å². The number of methoxy groups -OCH3 is 2. The van der Waals surface area contributed by atoms with Crippen molar-refractivity contribution >= 4 is 35.0 Å². The third kappa shape index (κ3) is 5.46. The smallest absolute Gasteiger partial charge is 0.234 e. The van der Waals surface area contributed by atoms with Crippen LogP contribution in [0.2, 0.25) is 5.02 Å². The number of carbonyl (C=O) groups is 1. The van der Waals surface area contributed by atoms with E-state index in [1.54, 1.807) is 12.1 Å². The van der Waals surface area contributed by atoms with E-state index >= 15 is 0 Å². The molecule has 0 saturated carbocycles. The van der Waals surface area contributed by atoms with E-state index in [1.165, 1.54) is 31.5 Å². The van der Waals surface area contributed by atoms with Crippen LogP contribution >= 0.6 is 23.4 Å². The van der Waals surface area contributed by atoms with Crippen molar-refractivity contribution < 1.29 is 14.3 Å². The number of ether oxygens (including phenoxy) is 2. The topological polar surface area (TPSA) is 76.2 Å². The average molecular weight is 432 g/mol. The lowest BCUT2D eigenvalue weighted by Gasteiger charge is -2.12. The highest BCUT2D eigenvalue weighted by Crippen LogP contribution is 2.36. The van der Waals surface area contributed by atoms with Gasteiger partial charge in [0, 0.05) is 24.2 Å². The number of imidazole rings is 1. The largest absolute Gasteiger partial charge is 0.495 e. The van der Waals surface area contributed by atoms with Crippen LogP contribution < -0.4 is 14.8 Å². The predicted molar refractivity (Wildman–Crippen MR) is 116 cm³/mol. The van der Waals surface area contributed by atoms with Gasteiger partial charge < -0.3 is 19.8 Å². The molecule has 0 spiro atoms. The van der Waals surface area contributed by atoms with Crippen molar-refractivity contribution in [1.29, 1.82) is 0 Å². The molecule has 8 heteroatoms. The number of nitrogens with one attached hydrogen (secondary N) is 2. The molecular weight excluding hydrogens is 410 g/mol. The molecule has 0 bridgehead atoms. The maximum Gasteiger partial charge on any atom is 0.234 e. The zero-order valence-electron chi connectivity index (χ0n) is 16.4. The summed E-state index contributed by atoms with van der Waals surface area (Å²) in [7, 11) is 3.03. The molecule has 0 aliphatic carbocycles. The number of aromatic nitrogens is 2. The summed E-state index contributed by atoms with van der Waals surface area (Å²) in [5.41, 5.74) is 3.67. The number of aromatic amines is 1. The van der Waals surface area contributed by atoms with Crippen LogP contribution in [0.5, 0.6) is 11.5 Å². The summed E-state index contributed by atoms with van der Waals surface area (Å²) in [5, 5.41) is 3.95. The van der Waals surface area contributed by atoms with Crippen LogP contribution in [0, 0.1) is 6.92 Å². The van der Waals surface area contributed by atoms with Crippen LogP contribution in [0.15, 0.2) is 47.6 Å². The van der Waals surface area contributed by atoms with Gasteiger partial charge >= 0.3 is 0 Å². The predicted octanol–water partition coefficient (Wildman–Crippen LogP) is 4.71. The summed E-state index contributed by atoms with van der Waals surface area (Å²) in [4.78, 5) is 20.3. The van der Waals surface area contributed by atoms with Crippen LogP contribution in [0.4, 0.5) is 5.69 Å². The molecule has 0 saturated heterocycles. The number of rotatable bonds is 8. The summed E-state index contributed by atoms with van der Waals surface area (Å²) < 4.78 is 10.5. The van der Waals surface area contributed by atoms with E-state index in [4.69, 9.17) is 21.1 Å². The van der Waals surface area contributed by atoms with Crippen LogP contribution in [-0.2, 0) is 11.2 Å². The lowest BCUT2D eigenvalue weighted by Crippen LogP contribution is -2.15. The fourth-order valence-corrected chi connectivity index (χ4v) is 3.75.